The second-order valence-corrected chi connectivity index (χ2v) is 11.9. The molecule has 4 bridgehead atoms. The molecule has 2 saturated heterocycles. The molecule has 1 aromatic rings. The summed E-state index contributed by atoms with van der Waals surface area (Å²) in [6.07, 6.45) is 6.47. The van der Waals surface area contributed by atoms with E-state index in [1.807, 2.05) is 65.0 Å². The van der Waals surface area contributed by atoms with E-state index in [4.69, 9.17) is 25.8 Å². The van der Waals surface area contributed by atoms with Crippen LogP contribution in [-0.2, 0) is 25.5 Å². The Bertz CT molecular complexity index is 1210. The van der Waals surface area contributed by atoms with Gasteiger partial charge in [-0.3, -0.25) is 4.79 Å². The SMILES string of the molecule is COc1cc2cc(c1Cl)N(C)C(=O)C[C@H](C)[C@]1(C)O[C@H]1[C@H](C)[C@@H]1C[C@@](C=O)(NC(=O)O1)[C@H](C)/C=C/C=C(\C)C2. The van der Waals surface area contributed by atoms with Crippen molar-refractivity contribution >= 4 is 35.6 Å². The summed E-state index contributed by atoms with van der Waals surface area (Å²) < 4.78 is 17.4. The van der Waals surface area contributed by atoms with Crippen molar-refractivity contribution < 1.29 is 28.6 Å². The zero-order chi connectivity index (χ0) is 28.7. The van der Waals surface area contributed by atoms with Crippen molar-refractivity contribution in [2.45, 2.75) is 77.2 Å². The minimum atomic E-state index is -1.09. The predicted octanol–water partition coefficient (Wildman–Crippen LogP) is 5.26. The van der Waals surface area contributed by atoms with E-state index in [1.165, 1.54) is 0 Å². The predicted molar refractivity (Wildman–Crippen MR) is 150 cm³/mol. The van der Waals surface area contributed by atoms with Crippen LogP contribution in [0, 0.1) is 17.8 Å². The maximum atomic E-state index is 13.4. The van der Waals surface area contributed by atoms with Gasteiger partial charge in [-0.1, -0.05) is 56.2 Å². The lowest BCUT2D eigenvalue weighted by Crippen LogP contribution is -2.61. The Kier molecular flexibility index (Phi) is 8.20. The third-order valence-corrected chi connectivity index (χ3v) is 9.25. The number of benzene rings is 1. The molecule has 9 heteroatoms. The standard InChI is InChI=1S/C30H39ClN2O6/c1-17-9-8-10-18(2)30(16-34)15-24(38-28(36)32-30)20(4)27-29(5,39-27)19(3)12-25(35)33(6)22-13-21(11-17)14-23(37-7)26(22)31/h8-10,13-14,16,18-20,24,27H,11-12,15H2,1-7H3,(H,32,36)/b10-8+,17-9+/t18-,19+,20-,24+,27+,29+,30+/m1/s1. The summed E-state index contributed by atoms with van der Waals surface area (Å²) in [6.45, 7) is 9.88. The summed E-state index contributed by atoms with van der Waals surface area (Å²) in [5.41, 5.74) is 0.924. The number of anilines is 1. The van der Waals surface area contributed by atoms with E-state index in [9.17, 15) is 14.4 Å². The van der Waals surface area contributed by atoms with Gasteiger partial charge < -0.3 is 29.2 Å². The lowest BCUT2D eigenvalue weighted by Gasteiger charge is -2.42. The number of ether oxygens (including phenoxy) is 3. The van der Waals surface area contributed by atoms with Gasteiger partial charge in [0.15, 0.2) is 0 Å². The van der Waals surface area contributed by atoms with Gasteiger partial charge in [0.25, 0.3) is 0 Å². The van der Waals surface area contributed by atoms with Gasteiger partial charge in [-0.05, 0) is 43.9 Å². The number of hydrogen-bond acceptors (Lipinski definition) is 6. The summed E-state index contributed by atoms with van der Waals surface area (Å²) >= 11 is 6.65. The van der Waals surface area contributed by atoms with Crippen molar-refractivity contribution in [3.8, 4) is 5.75 Å². The Morgan fingerprint density at radius 2 is 1.95 bits per heavy atom. The van der Waals surface area contributed by atoms with Gasteiger partial charge >= 0.3 is 6.09 Å². The van der Waals surface area contributed by atoms with Gasteiger partial charge in [0.2, 0.25) is 5.91 Å². The minimum absolute atomic E-state index is 0.0954. The molecule has 0 aliphatic carbocycles. The first kappa shape index (κ1) is 29.2. The number of halogens is 1. The molecule has 4 rings (SSSR count). The number of epoxide rings is 1. The normalized spacial score (nSPS) is 37.5. The molecule has 8 nitrogen and oxygen atoms in total. The molecule has 3 heterocycles. The van der Waals surface area contributed by atoms with Gasteiger partial charge in [-0.25, -0.2) is 4.79 Å². The molecule has 0 saturated carbocycles. The Balaban J connectivity index is 1.75. The number of aldehydes is 1. The number of alkyl carbamates (subject to hydrolysis) is 1. The van der Waals surface area contributed by atoms with E-state index in [-0.39, 0.29) is 36.2 Å². The number of allylic oxidation sites excluding steroid dienone is 3. The Morgan fingerprint density at radius 1 is 1.23 bits per heavy atom. The van der Waals surface area contributed by atoms with E-state index in [1.54, 1.807) is 19.1 Å². The molecule has 3 aliphatic rings. The number of nitrogens with zero attached hydrogens (tertiary/aromatic N) is 1. The first-order chi connectivity index (χ1) is 18.3. The lowest BCUT2D eigenvalue weighted by atomic mass is 9.75. The van der Waals surface area contributed by atoms with Crippen LogP contribution in [0.3, 0.4) is 0 Å². The van der Waals surface area contributed by atoms with E-state index in [2.05, 4.69) is 5.32 Å². The van der Waals surface area contributed by atoms with Crippen LogP contribution in [0.1, 0.15) is 53.0 Å². The van der Waals surface area contributed by atoms with E-state index >= 15 is 0 Å². The third kappa shape index (κ3) is 5.59. The number of carbonyl (C=O) groups excluding carboxylic acids is 3. The Morgan fingerprint density at radius 3 is 2.62 bits per heavy atom. The number of hydrogen-bond donors (Lipinski definition) is 1. The number of nitrogens with one attached hydrogen (secondary N) is 1. The molecule has 0 unspecified atom stereocenters. The van der Waals surface area contributed by atoms with Crippen LogP contribution in [0.4, 0.5) is 10.5 Å². The highest BCUT2D eigenvalue weighted by Gasteiger charge is 2.61. The molecule has 1 aromatic carbocycles. The maximum Gasteiger partial charge on any atom is 0.408 e. The highest BCUT2D eigenvalue weighted by atomic mass is 35.5. The smallest absolute Gasteiger partial charge is 0.408 e. The van der Waals surface area contributed by atoms with Gasteiger partial charge in [-0.15, -0.1) is 0 Å². The summed E-state index contributed by atoms with van der Waals surface area (Å²) in [6, 6.07) is 3.80. The highest BCUT2D eigenvalue weighted by molar-refractivity contribution is 6.35. The van der Waals surface area contributed by atoms with Crippen molar-refractivity contribution in [3.05, 3.63) is 46.5 Å². The number of amides is 2. The van der Waals surface area contributed by atoms with Gasteiger partial charge in [0.05, 0.1) is 24.5 Å². The molecule has 2 amide bonds. The zero-order valence-electron chi connectivity index (χ0n) is 23.7. The zero-order valence-corrected chi connectivity index (χ0v) is 24.5. The maximum absolute atomic E-state index is 13.4. The molecule has 39 heavy (non-hydrogen) atoms. The van der Waals surface area contributed by atoms with Crippen LogP contribution < -0.4 is 15.0 Å². The fraction of sp³-hybridized carbons (Fsp3) is 0.567. The van der Waals surface area contributed by atoms with Crippen LogP contribution in [0.2, 0.25) is 5.02 Å². The fourth-order valence-corrected chi connectivity index (χ4v) is 6.14. The largest absolute Gasteiger partial charge is 0.495 e. The number of rotatable bonds is 2. The quantitative estimate of drug-likeness (QED) is 0.393. The average Bonchev–Trinajstić information content (AvgIpc) is 3.60. The topological polar surface area (TPSA) is 97.5 Å². The molecule has 7 atom stereocenters. The van der Waals surface area contributed by atoms with Crippen LogP contribution in [0.25, 0.3) is 0 Å². The Hall–Kier alpha value is -2.84. The van der Waals surface area contributed by atoms with Crippen molar-refractivity contribution in [2.24, 2.45) is 17.8 Å². The average molecular weight is 559 g/mol. The van der Waals surface area contributed by atoms with Gasteiger partial charge in [0.1, 0.15) is 28.7 Å². The molecule has 0 spiro atoms. The molecule has 0 aromatic heterocycles. The number of methoxy groups -OCH3 is 1. The van der Waals surface area contributed by atoms with E-state index < -0.39 is 23.3 Å². The third-order valence-electron chi connectivity index (χ3n) is 8.87. The van der Waals surface area contributed by atoms with Crippen LogP contribution in [0.5, 0.6) is 5.75 Å². The van der Waals surface area contributed by atoms with Crippen LogP contribution >= 0.6 is 11.6 Å². The first-order valence-corrected chi connectivity index (χ1v) is 13.8. The summed E-state index contributed by atoms with van der Waals surface area (Å²) in [5, 5.41) is 3.16. The van der Waals surface area contributed by atoms with Crippen molar-refractivity contribution in [2.75, 3.05) is 19.1 Å². The monoisotopic (exact) mass is 558 g/mol. The van der Waals surface area contributed by atoms with Crippen molar-refractivity contribution in [1.29, 1.82) is 0 Å². The van der Waals surface area contributed by atoms with E-state index in [0.717, 1.165) is 17.4 Å². The fourth-order valence-electron chi connectivity index (χ4n) is 5.83. The van der Waals surface area contributed by atoms with E-state index in [0.29, 0.717) is 29.3 Å². The molecule has 212 valence electrons. The Labute approximate surface area is 235 Å². The summed E-state index contributed by atoms with van der Waals surface area (Å²) in [5.74, 6) is -0.163. The summed E-state index contributed by atoms with van der Waals surface area (Å²) in [7, 11) is 3.28. The second kappa shape index (κ2) is 11.0. The van der Waals surface area contributed by atoms with Crippen molar-refractivity contribution in [3.63, 3.8) is 0 Å². The minimum Gasteiger partial charge on any atom is -0.495 e. The lowest BCUT2D eigenvalue weighted by molar-refractivity contribution is -0.120. The molecule has 2 fully saturated rings. The van der Waals surface area contributed by atoms with Gasteiger partial charge in [-0.2, -0.15) is 0 Å². The number of fused-ring (bicyclic) bond motifs is 5. The molecule has 1 N–H and O–H groups in total. The molecular formula is C30H39ClN2O6. The number of carbonyl (C=O) groups is 3. The van der Waals surface area contributed by atoms with Crippen molar-refractivity contribution in [1.82, 2.24) is 5.32 Å². The first-order valence-electron chi connectivity index (χ1n) is 13.4. The molecular weight excluding hydrogens is 520 g/mol. The van der Waals surface area contributed by atoms with Crippen LogP contribution in [-0.4, -0.2) is 55.8 Å². The van der Waals surface area contributed by atoms with Crippen LogP contribution in [0.15, 0.2) is 35.9 Å². The second-order valence-electron chi connectivity index (χ2n) is 11.6. The van der Waals surface area contributed by atoms with Gasteiger partial charge in [0, 0.05) is 31.7 Å². The molecule has 3 aliphatic heterocycles. The summed E-state index contributed by atoms with van der Waals surface area (Å²) in [4.78, 5) is 40.1. The highest BCUT2D eigenvalue weighted by Crippen LogP contribution is 2.50. The molecule has 0 radical (unpaired) electrons.